The SMILES string of the molecule is Cl.Nc1ncc(CNCCOc2cccc(Cl)c2)s1. The van der Waals surface area contributed by atoms with Gasteiger partial charge in [-0.25, -0.2) is 4.98 Å². The number of nitrogens with two attached hydrogens (primary N) is 1. The van der Waals surface area contributed by atoms with Crippen LogP contribution in [0.5, 0.6) is 5.75 Å². The molecule has 3 N–H and O–H groups in total. The molecule has 0 aliphatic rings. The van der Waals surface area contributed by atoms with E-state index in [1.807, 2.05) is 18.2 Å². The molecule has 0 amide bonds. The van der Waals surface area contributed by atoms with Gasteiger partial charge in [0, 0.05) is 29.2 Å². The van der Waals surface area contributed by atoms with Gasteiger partial charge in [-0.15, -0.1) is 23.7 Å². The van der Waals surface area contributed by atoms with E-state index in [2.05, 4.69) is 10.3 Å². The number of ether oxygens (including phenoxy) is 1. The molecule has 7 heteroatoms. The summed E-state index contributed by atoms with van der Waals surface area (Å²) in [5.41, 5.74) is 5.54. The third-order valence-corrected chi connectivity index (χ3v) is 3.28. The lowest BCUT2D eigenvalue weighted by molar-refractivity contribution is 0.314. The number of rotatable bonds is 6. The highest BCUT2D eigenvalue weighted by Crippen LogP contribution is 2.17. The number of nitrogens with one attached hydrogen (secondary N) is 1. The first-order valence-electron chi connectivity index (χ1n) is 5.53. The van der Waals surface area contributed by atoms with E-state index in [1.165, 1.54) is 11.3 Å². The Bertz CT molecular complexity index is 507. The maximum Gasteiger partial charge on any atom is 0.180 e. The molecule has 19 heavy (non-hydrogen) atoms. The number of hydrogen-bond donors (Lipinski definition) is 2. The van der Waals surface area contributed by atoms with Crippen molar-refractivity contribution in [2.24, 2.45) is 0 Å². The molecule has 1 heterocycles. The van der Waals surface area contributed by atoms with Crippen molar-refractivity contribution in [2.45, 2.75) is 6.54 Å². The lowest BCUT2D eigenvalue weighted by Gasteiger charge is -2.06. The van der Waals surface area contributed by atoms with Gasteiger partial charge >= 0.3 is 0 Å². The van der Waals surface area contributed by atoms with Crippen LogP contribution >= 0.6 is 35.3 Å². The van der Waals surface area contributed by atoms with Crippen LogP contribution in [0.4, 0.5) is 5.13 Å². The number of anilines is 1. The maximum absolute atomic E-state index is 5.85. The van der Waals surface area contributed by atoms with Gasteiger partial charge in [-0.1, -0.05) is 17.7 Å². The average molecular weight is 320 g/mol. The predicted molar refractivity (Wildman–Crippen MR) is 82.4 cm³/mol. The van der Waals surface area contributed by atoms with Crippen LogP contribution in [0.15, 0.2) is 30.5 Å². The molecule has 0 saturated heterocycles. The van der Waals surface area contributed by atoms with Gasteiger partial charge in [0.15, 0.2) is 5.13 Å². The minimum absolute atomic E-state index is 0. The standard InChI is InChI=1S/C12H14ClN3OS.ClH/c13-9-2-1-3-10(6-9)17-5-4-15-7-11-8-16-12(14)18-11;/h1-3,6,8,15H,4-5,7H2,(H2,14,16);1H. The molecular formula is C12H15Cl2N3OS. The molecule has 0 fully saturated rings. The Balaban J connectivity index is 0.00000180. The predicted octanol–water partition coefficient (Wildman–Crippen LogP) is 2.97. The number of thiazole rings is 1. The van der Waals surface area contributed by atoms with E-state index in [4.69, 9.17) is 22.1 Å². The summed E-state index contributed by atoms with van der Waals surface area (Å²) in [5, 5.41) is 4.54. The molecule has 0 radical (unpaired) electrons. The summed E-state index contributed by atoms with van der Waals surface area (Å²) in [6.07, 6.45) is 1.78. The zero-order valence-corrected chi connectivity index (χ0v) is 12.5. The van der Waals surface area contributed by atoms with Crippen molar-refractivity contribution in [1.82, 2.24) is 10.3 Å². The van der Waals surface area contributed by atoms with Gasteiger partial charge in [-0.3, -0.25) is 0 Å². The van der Waals surface area contributed by atoms with Gasteiger partial charge in [0.25, 0.3) is 0 Å². The van der Waals surface area contributed by atoms with Crippen molar-refractivity contribution < 1.29 is 4.74 Å². The first-order chi connectivity index (χ1) is 8.74. The van der Waals surface area contributed by atoms with Crippen molar-refractivity contribution >= 4 is 40.5 Å². The highest BCUT2D eigenvalue weighted by atomic mass is 35.5. The fourth-order valence-corrected chi connectivity index (χ4v) is 2.25. The summed E-state index contributed by atoms with van der Waals surface area (Å²) in [4.78, 5) is 5.10. The Morgan fingerprint density at radius 3 is 2.95 bits per heavy atom. The summed E-state index contributed by atoms with van der Waals surface area (Å²) in [5.74, 6) is 0.784. The Kier molecular flexibility index (Phi) is 6.94. The third kappa shape index (κ3) is 5.65. The molecule has 1 aromatic heterocycles. The van der Waals surface area contributed by atoms with Gasteiger partial charge in [-0.2, -0.15) is 0 Å². The molecule has 0 spiro atoms. The summed E-state index contributed by atoms with van der Waals surface area (Å²) < 4.78 is 5.55. The van der Waals surface area contributed by atoms with E-state index < -0.39 is 0 Å². The van der Waals surface area contributed by atoms with Crippen LogP contribution in [-0.4, -0.2) is 18.1 Å². The topological polar surface area (TPSA) is 60.2 Å². The Hall–Kier alpha value is -1.01. The number of halogens is 2. The van der Waals surface area contributed by atoms with Gasteiger partial charge in [-0.05, 0) is 18.2 Å². The first kappa shape index (κ1) is 16.0. The largest absolute Gasteiger partial charge is 0.492 e. The number of benzene rings is 1. The van der Waals surface area contributed by atoms with E-state index >= 15 is 0 Å². The number of aromatic nitrogens is 1. The number of hydrogen-bond acceptors (Lipinski definition) is 5. The van der Waals surface area contributed by atoms with Crippen molar-refractivity contribution in [1.29, 1.82) is 0 Å². The molecule has 0 aliphatic carbocycles. The normalized spacial score (nSPS) is 9.95. The van der Waals surface area contributed by atoms with Gasteiger partial charge < -0.3 is 15.8 Å². The lowest BCUT2D eigenvalue weighted by atomic mass is 10.3. The van der Waals surface area contributed by atoms with Gasteiger partial charge in [0.1, 0.15) is 12.4 Å². The summed E-state index contributed by atoms with van der Waals surface area (Å²) in [6, 6.07) is 7.37. The fraction of sp³-hybridized carbons (Fsp3) is 0.250. The van der Waals surface area contributed by atoms with Crippen LogP contribution in [0.2, 0.25) is 5.02 Å². The highest BCUT2D eigenvalue weighted by molar-refractivity contribution is 7.15. The second-order valence-electron chi connectivity index (χ2n) is 3.65. The van der Waals surface area contributed by atoms with Crippen LogP contribution in [-0.2, 0) is 6.54 Å². The zero-order chi connectivity index (χ0) is 12.8. The average Bonchev–Trinajstić information content (AvgIpc) is 2.75. The molecule has 0 saturated carbocycles. The highest BCUT2D eigenvalue weighted by Gasteiger charge is 1.98. The molecular weight excluding hydrogens is 305 g/mol. The lowest BCUT2D eigenvalue weighted by Crippen LogP contribution is -2.20. The maximum atomic E-state index is 5.85. The van der Waals surface area contributed by atoms with Crippen LogP contribution in [0.1, 0.15) is 4.88 Å². The van der Waals surface area contributed by atoms with Gasteiger partial charge in [0.2, 0.25) is 0 Å². The molecule has 0 atom stereocenters. The summed E-state index contributed by atoms with van der Waals surface area (Å²) >= 11 is 7.34. The fourth-order valence-electron chi connectivity index (χ4n) is 1.41. The first-order valence-corrected chi connectivity index (χ1v) is 6.73. The zero-order valence-electron chi connectivity index (χ0n) is 10.1. The van der Waals surface area contributed by atoms with E-state index in [0.29, 0.717) is 16.8 Å². The quantitative estimate of drug-likeness (QED) is 0.804. The molecule has 2 aromatic rings. The van der Waals surface area contributed by atoms with Crippen molar-refractivity contribution in [3.63, 3.8) is 0 Å². The van der Waals surface area contributed by atoms with Crippen molar-refractivity contribution in [3.05, 3.63) is 40.4 Å². The Morgan fingerprint density at radius 2 is 2.26 bits per heavy atom. The molecule has 2 rings (SSSR count). The third-order valence-electron chi connectivity index (χ3n) is 2.21. The van der Waals surface area contributed by atoms with Crippen molar-refractivity contribution in [2.75, 3.05) is 18.9 Å². The molecule has 1 aromatic carbocycles. The van der Waals surface area contributed by atoms with Crippen LogP contribution in [0.3, 0.4) is 0 Å². The molecule has 0 unspecified atom stereocenters. The minimum atomic E-state index is 0. The molecule has 0 aliphatic heterocycles. The number of nitrogens with zero attached hydrogens (tertiary/aromatic N) is 1. The summed E-state index contributed by atoms with van der Waals surface area (Å²) in [6.45, 7) is 2.10. The van der Waals surface area contributed by atoms with Gasteiger partial charge in [0.05, 0.1) is 0 Å². The van der Waals surface area contributed by atoms with Crippen molar-refractivity contribution in [3.8, 4) is 5.75 Å². The van der Waals surface area contributed by atoms with Crippen LogP contribution in [0, 0.1) is 0 Å². The molecule has 4 nitrogen and oxygen atoms in total. The molecule has 0 bridgehead atoms. The Labute approximate surface area is 127 Å². The smallest absolute Gasteiger partial charge is 0.180 e. The summed E-state index contributed by atoms with van der Waals surface area (Å²) in [7, 11) is 0. The second-order valence-corrected chi connectivity index (χ2v) is 5.23. The minimum Gasteiger partial charge on any atom is -0.492 e. The Morgan fingerprint density at radius 1 is 1.42 bits per heavy atom. The van der Waals surface area contributed by atoms with Crippen LogP contribution in [0.25, 0.3) is 0 Å². The van der Waals surface area contributed by atoms with E-state index in [1.54, 1.807) is 12.3 Å². The van der Waals surface area contributed by atoms with Crippen LogP contribution < -0.4 is 15.8 Å². The molecule has 104 valence electrons. The van der Waals surface area contributed by atoms with E-state index in [0.717, 1.165) is 23.7 Å². The monoisotopic (exact) mass is 319 g/mol. The number of nitrogen functional groups attached to an aromatic ring is 1. The van der Waals surface area contributed by atoms with E-state index in [-0.39, 0.29) is 12.4 Å². The second kappa shape index (κ2) is 8.22. The van der Waals surface area contributed by atoms with E-state index in [9.17, 15) is 0 Å².